The first-order chi connectivity index (χ1) is 10.2. The topological polar surface area (TPSA) is 30.7 Å². The summed E-state index contributed by atoms with van der Waals surface area (Å²) in [6, 6.07) is 6.42. The molecule has 0 radical (unpaired) electrons. The van der Waals surface area contributed by atoms with Gasteiger partial charge < -0.3 is 4.57 Å². The summed E-state index contributed by atoms with van der Waals surface area (Å²) < 4.78 is 2.20. The third-order valence-electron chi connectivity index (χ3n) is 3.61. The van der Waals surface area contributed by atoms with Gasteiger partial charge in [-0.05, 0) is 37.1 Å². The molecule has 0 spiro atoms. The van der Waals surface area contributed by atoms with Crippen molar-refractivity contribution in [1.82, 2.24) is 14.5 Å². The summed E-state index contributed by atoms with van der Waals surface area (Å²) in [5, 5.41) is 0. The van der Waals surface area contributed by atoms with Crippen molar-refractivity contribution in [2.75, 3.05) is 5.88 Å². The zero-order chi connectivity index (χ0) is 14.8. The summed E-state index contributed by atoms with van der Waals surface area (Å²) in [5.41, 5.74) is 3.11. The van der Waals surface area contributed by atoms with Crippen LogP contribution < -0.4 is 0 Å². The van der Waals surface area contributed by atoms with Crippen molar-refractivity contribution < 1.29 is 0 Å². The molecule has 21 heavy (non-hydrogen) atoms. The maximum absolute atomic E-state index is 5.93. The lowest BCUT2D eigenvalue weighted by Crippen LogP contribution is -2.05. The van der Waals surface area contributed by atoms with Gasteiger partial charge in [0, 0.05) is 28.3 Å². The fourth-order valence-electron chi connectivity index (χ4n) is 2.48. The Balaban J connectivity index is 2.06. The van der Waals surface area contributed by atoms with Gasteiger partial charge in [-0.15, -0.1) is 22.9 Å². The lowest BCUT2D eigenvalue weighted by Gasteiger charge is -2.06. The number of nitrogens with zero attached hydrogens (tertiary/aromatic N) is 3. The first-order valence-electron chi connectivity index (χ1n) is 7.17. The second-order valence-corrected chi connectivity index (χ2v) is 6.71. The highest BCUT2D eigenvalue weighted by atomic mass is 35.5. The predicted molar refractivity (Wildman–Crippen MR) is 89.5 cm³/mol. The molecule has 3 aromatic rings. The molecule has 0 saturated carbocycles. The number of aromatic nitrogens is 3. The van der Waals surface area contributed by atoms with E-state index in [2.05, 4.69) is 35.5 Å². The Bertz CT molecular complexity index is 760. The number of hydrogen-bond acceptors (Lipinski definition) is 3. The van der Waals surface area contributed by atoms with Crippen LogP contribution in [0.4, 0.5) is 0 Å². The molecule has 0 aromatic carbocycles. The minimum absolute atomic E-state index is 0.576. The van der Waals surface area contributed by atoms with Gasteiger partial charge in [0.2, 0.25) is 0 Å². The van der Waals surface area contributed by atoms with E-state index in [1.54, 1.807) is 0 Å². The van der Waals surface area contributed by atoms with Gasteiger partial charge >= 0.3 is 0 Å². The highest BCUT2D eigenvalue weighted by molar-refractivity contribution is 7.11. The van der Waals surface area contributed by atoms with Crippen LogP contribution in [0.25, 0.3) is 11.2 Å². The summed E-state index contributed by atoms with van der Waals surface area (Å²) >= 11 is 7.80. The van der Waals surface area contributed by atoms with Crippen molar-refractivity contribution in [2.24, 2.45) is 0 Å². The Morgan fingerprint density at radius 3 is 2.76 bits per heavy atom. The number of thiophene rings is 1. The molecule has 3 rings (SSSR count). The maximum Gasteiger partial charge on any atom is 0.160 e. The zero-order valence-corrected chi connectivity index (χ0v) is 13.8. The normalized spacial score (nSPS) is 11.4. The summed E-state index contributed by atoms with van der Waals surface area (Å²) in [7, 11) is 0. The lowest BCUT2D eigenvalue weighted by molar-refractivity contribution is 0.756. The van der Waals surface area contributed by atoms with Crippen molar-refractivity contribution in [3.63, 3.8) is 0 Å². The molecule has 3 aromatic heterocycles. The minimum Gasteiger partial charge on any atom is -0.307 e. The average molecular weight is 320 g/mol. The van der Waals surface area contributed by atoms with Crippen molar-refractivity contribution in [1.29, 1.82) is 0 Å². The average Bonchev–Trinajstić information content (AvgIpc) is 3.07. The second kappa shape index (κ2) is 6.16. The van der Waals surface area contributed by atoms with E-state index in [0.717, 1.165) is 41.9 Å². The van der Waals surface area contributed by atoms with E-state index < -0.39 is 0 Å². The quantitative estimate of drug-likeness (QED) is 0.660. The molecule has 0 saturated heterocycles. The molecule has 0 unspecified atom stereocenters. The molecular weight excluding hydrogens is 302 g/mol. The number of imidazole rings is 1. The first-order valence-corrected chi connectivity index (χ1v) is 8.52. The molecule has 0 bridgehead atoms. The third-order valence-corrected chi connectivity index (χ3v) is 5.02. The standard InChI is InChI=1S/C16H18ClN3S/c1-3-12-4-5-13(21-12)10-20-14(6-8-17)19-15-11(2)7-9-18-16(15)20/h4-5,7,9H,3,6,8,10H2,1-2H3. The van der Waals surface area contributed by atoms with E-state index in [4.69, 9.17) is 16.6 Å². The van der Waals surface area contributed by atoms with Crippen LogP contribution in [0.15, 0.2) is 24.4 Å². The molecule has 5 heteroatoms. The van der Waals surface area contributed by atoms with Crippen LogP contribution in [0.5, 0.6) is 0 Å². The number of fused-ring (bicyclic) bond motifs is 1. The Hall–Kier alpha value is -1.39. The maximum atomic E-state index is 5.93. The smallest absolute Gasteiger partial charge is 0.160 e. The molecule has 3 nitrogen and oxygen atoms in total. The molecule has 0 N–H and O–H groups in total. The second-order valence-electron chi connectivity index (χ2n) is 5.07. The molecule has 0 fully saturated rings. The van der Waals surface area contributed by atoms with Gasteiger partial charge in [-0.1, -0.05) is 6.92 Å². The van der Waals surface area contributed by atoms with Crippen LogP contribution in [0.2, 0.25) is 0 Å². The third kappa shape index (κ3) is 2.83. The predicted octanol–water partition coefficient (Wildman–Crippen LogP) is 4.19. The number of pyridine rings is 1. The van der Waals surface area contributed by atoms with E-state index in [9.17, 15) is 0 Å². The Labute approximate surface area is 133 Å². The van der Waals surface area contributed by atoms with Crippen LogP contribution in [0, 0.1) is 6.92 Å². The van der Waals surface area contributed by atoms with Gasteiger partial charge in [-0.3, -0.25) is 0 Å². The van der Waals surface area contributed by atoms with E-state index in [1.165, 1.54) is 9.75 Å². The molecule has 3 heterocycles. The zero-order valence-electron chi connectivity index (χ0n) is 12.3. The van der Waals surface area contributed by atoms with Crippen molar-refractivity contribution >= 4 is 34.1 Å². The van der Waals surface area contributed by atoms with Crippen molar-refractivity contribution in [3.05, 3.63) is 45.5 Å². The van der Waals surface area contributed by atoms with Gasteiger partial charge in [-0.2, -0.15) is 0 Å². The van der Waals surface area contributed by atoms with Crippen LogP contribution in [-0.2, 0) is 19.4 Å². The fourth-order valence-corrected chi connectivity index (χ4v) is 3.59. The van der Waals surface area contributed by atoms with E-state index in [0.29, 0.717) is 5.88 Å². The number of aryl methyl sites for hydroxylation is 3. The number of hydrogen-bond donors (Lipinski definition) is 0. The monoisotopic (exact) mass is 319 g/mol. The molecule has 0 amide bonds. The van der Waals surface area contributed by atoms with E-state index in [1.807, 2.05) is 23.6 Å². The van der Waals surface area contributed by atoms with Crippen LogP contribution >= 0.6 is 22.9 Å². The molecule has 0 aliphatic heterocycles. The van der Waals surface area contributed by atoms with E-state index in [-0.39, 0.29) is 0 Å². The minimum atomic E-state index is 0.576. The Morgan fingerprint density at radius 2 is 2.05 bits per heavy atom. The van der Waals surface area contributed by atoms with Gasteiger partial charge in [0.1, 0.15) is 11.3 Å². The number of alkyl halides is 1. The van der Waals surface area contributed by atoms with Crippen LogP contribution in [0.1, 0.15) is 28.1 Å². The summed E-state index contributed by atoms with van der Waals surface area (Å²) in [5.74, 6) is 1.60. The molecule has 110 valence electrons. The van der Waals surface area contributed by atoms with E-state index >= 15 is 0 Å². The number of rotatable bonds is 5. The largest absolute Gasteiger partial charge is 0.307 e. The van der Waals surface area contributed by atoms with Crippen molar-refractivity contribution in [2.45, 2.75) is 33.2 Å². The highest BCUT2D eigenvalue weighted by Crippen LogP contribution is 2.23. The van der Waals surface area contributed by atoms with Crippen LogP contribution in [0.3, 0.4) is 0 Å². The number of halogens is 1. The van der Waals surface area contributed by atoms with Gasteiger partial charge in [-0.25, -0.2) is 9.97 Å². The van der Waals surface area contributed by atoms with Crippen LogP contribution in [-0.4, -0.2) is 20.4 Å². The van der Waals surface area contributed by atoms with Crippen molar-refractivity contribution in [3.8, 4) is 0 Å². The molecular formula is C16H18ClN3S. The summed E-state index contributed by atoms with van der Waals surface area (Å²) in [4.78, 5) is 12.0. The fraction of sp³-hybridized carbons (Fsp3) is 0.375. The Morgan fingerprint density at radius 1 is 1.24 bits per heavy atom. The SMILES string of the molecule is CCc1ccc(Cn2c(CCCl)nc3c(C)ccnc32)s1. The lowest BCUT2D eigenvalue weighted by atomic mass is 10.3. The summed E-state index contributed by atoms with van der Waals surface area (Å²) in [6.07, 6.45) is 3.71. The Kier molecular flexibility index (Phi) is 4.27. The van der Waals surface area contributed by atoms with Gasteiger partial charge in [0.05, 0.1) is 6.54 Å². The molecule has 0 aliphatic rings. The van der Waals surface area contributed by atoms with Gasteiger partial charge in [0.15, 0.2) is 5.65 Å². The summed E-state index contributed by atoms with van der Waals surface area (Å²) in [6.45, 7) is 5.09. The molecule has 0 aliphatic carbocycles. The highest BCUT2D eigenvalue weighted by Gasteiger charge is 2.14. The van der Waals surface area contributed by atoms with Gasteiger partial charge in [0.25, 0.3) is 0 Å². The first kappa shape index (κ1) is 14.5. The molecule has 0 atom stereocenters.